The largest absolute Gasteiger partial charge is 0.306 e. The molecule has 0 radical (unpaired) electrons. The molecule has 0 aliphatic heterocycles. The zero-order valence-electron chi connectivity index (χ0n) is 8.53. The van der Waals surface area contributed by atoms with Crippen LogP contribution in [0.15, 0.2) is 34.2 Å². The van der Waals surface area contributed by atoms with Gasteiger partial charge >= 0.3 is 0 Å². The zero-order valence-corrected chi connectivity index (χ0v) is 10.9. The Balaban J connectivity index is 2.14. The SMILES string of the molecule is Cc1ccsc1C(=O)Nc1ccc(Br)cn1. The number of aromatic nitrogens is 1. The molecule has 0 fully saturated rings. The number of hydrogen-bond donors (Lipinski definition) is 1. The van der Waals surface area contributed by atoms with E-state index in [-0.39, 0.29) is 5.91 Å². The van der Waals surface area contributed by atoms with Gasteiger partial charge in [-0.25, -0.2) is 4.98 Å². The third-order valence-electron chi connectivity index (χ3n) is 2.04. The molecule has 0 aliphatic carbocycles. The second kappa shape index (κ2) is 4.76. The second-order valence-corrected chi connectivity index (χ2v) is 5.08. The minimum Gasteiger partial charge on any atom is -0.306 e. The molecule has 0 spiro atoms. The lowest BCUT2D eigenvalue weighted by Crippen LogP contribution is -2.12. The van der Waals surface area contributed by atoms with Gasteiger partial charge in [-0.2, -0.15) is 0 Å². The van der Waals surface area contributed by atoms with Crippen molar-refractivity contribution in [2.45, 2.75) is 6.92 Å². The summed E-state index contributed by atoms with van der Waals surface area (Å²) in [6.07, 6.45) is 1.65. The van der Waals surface area contributed by atoms with Gasteiger partial charge in [-0.1, -0.05) is 0 Å². The maximum absolute atomic E-state index is 11.8. The molecule has 0 saturated heterocycles. The second-order valence-electron chi connectivity index (χ2n) is 3.25. The van der Waals surface area contributed by atoms with Crippen molar-refractivity contribution in [3.8, 4) is 0 Å². The lowest BCUT2D eigenvalue weighted by atomic mass is 10.3. The average Bonchev–Trinajstić information content (AvgIpc) is 2.68. The molecule has 1 N–H and O–H groups in total. The normalized spacial score (nSPS) is 10.1. The summed E-state index contributed by atoms with van der Waals surface area (Å²) in [6, 6.07) is 5.52. The summed E-state index contributed by atoms with van der Waals surface area (Å²) in [5.74, 6) is 0.448. The first-order valence-electron chi connectivity index (χ1n) is 4.64. The molecule has 82 valence electrons. The number of anilines is 1. The molecule has 2 aromatic heterocycles. The molecule has 0 aliphatic rings. The fourth-order valence-corrected chi connectivity index (χ4v) is 2.28. The van der Waals surface area contributed by atoms with E-state index < -0.39 is 0 Å². The molecule has 16 heavy (non-hydrogen) atoms. The summed E-state index contributed by atoms with van der Waals surface area (Å²) in [7, 11) is 0. The maximum atomic E-state index is 11.8. The van der Waals surface area contributed by atoms with Gasteiger partial charge in [0.1, 0.15) is 5.82 Å². The summed E-state index contributed by atoms with van der Waals surface area (Å²) in [5.41, 5.74) is 0.986. The van der Waals surface area contributed by atoms with Gasteiger partial charge in [-0.15, -0.1) is 11.3 Å². The van der Waals surface area contributed by atoms with Gasteiger partial charge in [0.2, 0.25) is 0 Å². The minimum atomic E-state index is -0.109. The third kappa shape index (κ3) is 2.48. The Morgan fingerprint density at radius 3 is 2.81 bits per heavy atom. The number of halogens is 1. The van der Waals surface area contributed by atoms with Gasteiger partial charge < -0.3 is 5.32 Å². The van der Waals surface area contributed by atoms with Crippen molar-refractivity contribution in [2.24, 2.45) is 0 Å². The van der Waals surface area contributed by atoms with Crippen LogP contribution in [0.2, 0.25) is 0 Å². The molecular weight excluding hydrogens is 288 g/mol. The Morgan fingerprint density at radius 1 is 1.44 bits per heavy atom. The van der Waals surface area contributed by atoms with Gasteiger partial charge in [-0.3, -0.25) is 4.79 Å². The molecule has 0 atom stereocenters. The maximum Gasteiger partial charge on any atom is 0.267 e. The molecule has 0 aromatic carbocycles. The first kappa shape index (κ1) is 11.3. The number of thiophene rings is 1. The first-order chi connectivity index (χ1) is 7.66. The number of carbonyl (C=O) groups excluding carboxylic acids is 1. The van der Waals surface area contributed by atoms with Crippen LogP contribution < -0.4 is 5.32 Å². The van der Waals surface area contributed by atoms with E-state index in [0.717, 1.165) is 14.9 Å². The Bertz CT molecular complexity index is 507. The summed E-state index contributed by atoms with van der Waals surface area (Å²) in [4.78, 5) is 16.6. The molecule has 3 nitrogen and oxygen atoms in total. The van der Waals surface area contributed by atoms with Crippen molar-refractivity contribution in [3.63, 3.8) is 0 Å². The fourth-order valence-electron chi connectivity index (χ4n) is 1.23. The predicted molar refractivity (Wildman–Crippen MR) is 68.9 cm³/mol. The highest BCUT2D eigenvalue weighted by molar-refractivity contribution is 9.10. The van der Waals surface area contributed by atoms with Crippen molar-refractivity contribution in [3.05, 3.63) is 44.7 Å². The standard InChI is InChI=1S/C11H9BrN2OS/c1-7-4-5-16-10(7)11(15)14-9-3-2-8(12)6-13-9/h2-6H,1H3,(H,13,14,15). The molecule has 0 saturated carbocycles. The van der Waals surface area contributed by atoms with E-state index in [1.165, 1.54) is 11.3 Å². The monoisotopic (exact) mass is 296 g/mol. The third-order valence-corrected chi connectivity index (χ3v) is 3.52. The summed E-state index contributed by atoms with van der Waals surface area (Å²) in [5, 5.41) is 4.65. The van der Waals surface area contributed by atoms with E-state index in [4.69, 9.17) is 0 Å². The van der Waals surface area contributed by atoms with Crippen molar-refractivity contribution in [1.29, 1.82) is 0 Å². The van der Waals surface area contributed by atoms with Crippen molar-refractivity contribution >= 4 is 39.0 Å². The van der Waals surface area contributed by atoms with Crippen molar-refractivity contribution < 1.29 is 4.79 Å². The molecule has 2 rings (SSSR count). The topological polar surface area (TPSA) is 42.0 Å². The van der Waals surface area contributed by atoms with Crippen LogP contribution in [0, 0.1) is 6.92 Å². The van der Waals surface area contributed by atoms with Crippen LogP contribution in [0.3, 0.4) is 0 Å². The highest BCUT2D eigenvalue weighted by Gasteiger charge is 2.10. The van der Waals surface area contributed by atoms with E-state index in [1.807, 2.05) is 24.4 Å². The van der Waals surface area contributed by atoms with Crippen molar-refractivity contribution in [1.82, 2.24) is 4.98 Å². The summed E-state index contributed by atoms with van der Waals surface area (Å²) >= 11 is 4.72. The van der Waals surface area contributed by atoms with Crippen LogP contribution in [-0.4, -0.2) is 10.9 Å². The van der Waals surface area contributed by atoms with Crippen LogP contribution in [0.4, 0.5) is 5.82 Å². The highest BCUT2D eigenvalue weighted by Crippen LogP contribution is 2.17. The number of carbonyl (C=O) groups is 1. The molecule has 5 heteroatoms. The lowest BCUT2D eigenvalue weighted by molar-refractivity contribution is 0.102. The van der Waals surface area contributed by atoms with Crippen LogP contribution in [0.25, 0.3) is 0 Å². The number of rotatable bonds is 2. The van der Waals surface area contributed by atoms with E-state index in [1.54, 1.807) is 12.3 Å². The molecule has 2 heterocycles. The van der Waals surface area contributed by atoms with Crippen LogP contribution in [0.1, 0.15) is 15.2 Å². The Morgan fingerprint density at radius 2 is 2.25 bits per heavy atom. The Hall–Kier alpha value is -1.20. The summed E-state index contributed by atoms with van der Waals surface area (Å²) in [6.45, 7) is 1.92. The number of aryl methyl sites for hydroxylation is 1. The fraction of sp³-hybridized carbons (Fsp3) is 0.0909. The number of hydrogen-bond acceptors (Lipinski definition) is 3. The van der Waals surface area contributed by atoms with Crippen LogP contribution in [-0.2, 0) is 0 Å². The van der Waals surface area contributed by atoms with E-state index in [0.29, 0.717) is 5.82 Å². The summed E-state index contributed by atoms with van der Waals surface area (Å²) < 4.78 is 0.887. The predicted octanol–water partition coefficient (Wildman–Crippen LogP) is 3.47. The van der Waals surface area contributed by atoms with E-state index >= 15 is 0 Å². The van der Waals surface area contributed by atoms with Gasteiger partial charge in [0.25, 0.3) is 5.91 Å². The number of amides is 1. The molecular formula is C11H9BrN2OS. The molecule has 1 amide bonds. The van der Waals surface area contributed by atoms with Crippen LogP contribution >= 0.6 is 27.3 Å². The molecule has 0 bridgehead atoms. The molecule has 2 aromatic rings. The smallest absolute Gasteiger partial charge is 0.267 e. The minimum absolute atomic E-state index is 0.109. The van der Waals surface area contributed by atoms with Crippen LogP contribution in [0.5, 0.6) is 0 Å². The molecule has 0 unspecified atom stereocenters. The number of pyridine rings is 1. The first-order valence-corrected chi connectivity index (χ1v) is 6.31. The van der Waals surface area contributed by atoms with E-state index in [9.17, 15) is 4.79 Å². The average molecular weight is 297 g/mol. The van der Waals surface area contributed by atoms with Crippen molar-refractivity contribution in [2.75, 3.05) is 5.32 Å². The lowest BCUT2D eigenvalue weighted by Gasteiger charge is -2.03. The number of nitrogens with zero attached hydrogens (tertiary/aromatic N) is 1. The Labute approximate surface area is 106 Å². The quantitative estimate of drug-likeness (QED) is 0.922. The van der Waals surface area contributed by atoms with Gasteiger partial charge in [0.15, 0.2) is 0 Å². The van der Waals surface area contributed by atoms with Gasteiger partial charge in [-0.05, 0) is 52.0 Å². The highest BCUT2D eigenvalue weighted by atomic mass is 79.9. The zero-order chi connectivity index (χ0) is 11.5. The Kier molecular flexibility index (Phi) is 3.36. The number of nitrogens with one attached hydrogen (secondary N) is 1. The van der Waals surface area contributed by atoms with Gasteiger partial charge in [0, 0.05) is 10.7 Å². The van der Waals surface area contributed by atoms with Gasteiger partial charge in [0.05, 0.1) is 4.88 Å². The van der Waals surface area contributed by atoms with E-state index in [2.05, 4.69) is 26.2 Å².